The maximum atomic E-state index is 12.1. The summed E-state index contributed by atoms with van der Waals surface area (Å²) in [6.45, 7) is 4.03. The van der Waals surface area contributed by atoms with E-state index in [0.717, 1.165) is 33.3 Å². The Labute approximate surface area is 135 Å². The molecule has 3 rings (SSSR count). The van der Waals surface area contributed by atoms with Gasteiger partial charge in [0, 0.05) is 28.9 Å². The number of pyridine rings is 1. The zero-order valence-corrected chi connectivity index (χ0v) is 13.2. The minimum Gasteiger partial charge on any atom is -0.322 e. The summed E-state index contributed by atoms with van der Waals surface area (Å²) in [7, 11) is 0. The van der Waals surface area contributed by atoms with Gasteiger partial charge in [-0.1, -0.05) is 30.3 Å². The van der Waals surface area contributed by atoms with Crippen LogP contribution in [0, 0.1) is 13.8 Å². The zero-order valence-electron chi connectivity index (χ0n) is 13.2. The normalized spacial score (nSPS) is 11.0. The van der Waals surface area contributed by atoms with Crippen molar-refractivity contribution < 1.29 is 4.79 Å². The van der Waals surface area contributed by atoms with E-state index in [1.165, 1.54) is 0 Å². The highest BCUT2D eigenvalue weighted by molar-refractivity contribution is 6.03. The van der Waals surface area contributed by atoms with Crippen LogP contribution in [0.5, 0.6) is 0 Å². The number of anilines is 1. The molecule has 0 aliphatic rings. The van der Waals surface area contributed by atoms with Gasteiger partial charge in [-0.05, 0) is 49.2 Å². The molecule has 0 saturated carbocycles. The van der Waals surface area contributed by atoms with Gasteiger partial charge in [0.1, 0.15) is 0 Å². The van der Waals surface area contributed by atoms with Crippen molar-refractivity contribution in [3.05, 3.63) is 77.5 Å². The Morgan fingerprint density at radius 3 is 2.57 bits per heavy atom. The first-order valence-electron chi connectivity index (χ1n) is 7.53. The monoisotopic (exact) mass is 302 g/mol. The number of carbonyl (C=O) groups excluding carboxylic acids is 1. The summed E-state index contributed by atoms with van der Waals surface area (Å²) in [6, 6.07) is 15.8. The third-order valence-corrected chi connectivity index (χ3v) is 3.57. The molecular formula is C20H18N2O. The molecule has 2 aromatic carbocycles. The summed E-state index contributed by atoms with van der Waals surface area (Å²) in [6.07, 6.45) is 5.10. The molecule has 0 atom stereocenters. The standard InChI is InChI=1S/C20H18N2O/c1-14-11-15(2)13-18(12-14)22-19(23)9-8-17-6-3-5-16-7-4-10-21-20(16)17/h3-13H,1-2H3,(H,22,23). The fourth-order valence-electron chi connectivity index (χ4n) is 2.66. The molecule has 114 valence electrons. The first kappa shape index (κ1) is 15.0. The lowest BCUT2D eigenvalue weighted by Crippen LogP contribution is -2.08. The molecule has 1 aromatic heterocycles. The van der Waals surface area contributed by atoms with Crippen LogP contribution in [0.1, 0.15) is 16.7 Å². The molecular weight excluding hydrogens is 284 g/mol. The quantitative estimate of drug-likeness (QED) is 0.724. The van der Waals surface area contributed by atoms with Crippen molar-refractivity contribution in [3.8, 4) is 0 Å². The molecule has 3 nitrogen and oxygen atoms in total. The number of fused-ring (bicyclic) bond motifs is 1. The van der Waals surface area contributed by atoms with Crippen molar-refractivity contribution >= 4 is 28.6 Å². The summed E-state index contributed by atoms with van der Waals surface area (Å²) < 4.78 is 0. The van der Waals surface area contributed by atoms with Gasteiger partial charge in [-0.3, -0.25) is 9.78 Å². The predicted molar refractivity (Wildman–Crippen MR) is 95.3 cm³/mol. The predicted octanol–water partition coefficient (Wildman–Crippen LogP) is 4.50. The van der Waals surface area contributed by atoms with E-state index in [1.54, 1.807) is 18.3 Å². The Balaban J connectivity index is 1.80. The van der Waals surface area contributed by atoms with Gasteiger partial charge < -0.3 is 5.32 Å². The van der Waals surface area contributed by atoms with Gasteiger partial charge >= 0.3 is 0 Å². The molecule has 3 aromatic rings. The van der Waals surface area contributed by atoms with Gasteiger partial charge in [0.05, 0.1) is 5.52 Å². The van der Waals surface area contributed by atoms with Crippen LogP contribution < -0.4 is 5.32 Å². The summed E-state index contributed by atoms with van der Waals surface area (Å²) in [5, 5.41) is 3.96. The summed E-state index contributed by atoms with van der Waals surface area (Å²) in [4.78, 5) is 16.5. The second-order valence-corrected chi connectivity index (χ2v) is 5.62. The van der Waals surface area contributed by atoms with Crippen LogP contribution in [0.25, 0.3) is 17.0 Å². The molecule has 0 saturated heterocycles. The summed E-state index contributed by atoms with van der Waals surface area (Å²) in [5.74, 6) is -0.150. The highest BCUT2D eigenvalue weighted by Gasteiger charge is 2.02. The number of benzene rings is 2. The van der Waals surface area contributed by atoms with E-state index >= 15 is 0 Å². The average molecular weight is 302 g/mol. The molecule has 0 aliphatic heterocycles. The van der Waals surface area contributed by atoms with Crippen molar-refractivity contribution in [2.45, 2.75) is 13.8 Å². The SMILES string of the molecule is Cc1cc(C)cc(NC(=O)C=Cc2cccc3cccnc23)c1. The number of nitrogens with zero attached hydrogens (tertiary/aromatic N) is 1. The lowest BCUT2D eigenvalue weighted by molar-refractivity contribution is -0.111. The fraction of sp³-hybridized carbons (Fsp3) is 0.100. The topological polar surface area (TPSA) is 42.0 Å². The van der Waals surface area contributed by atoms with Crippen LogP contribution in [0.3, 0.4) is 0 Å². The number of hydrogen-bond donors (Lipinski definition) is 1. The van der Waals surface area contributed by atoms with Gasteiger partial charge in [-0.15, -0.1) is 0 Å². The molecule has 0 spiro atoms. The Morgan fingerprint density at radius 1 is 1.04 bits per heavy atom. The molecule has 23 heavy (non-hydrogen) atoms. The fourth-order valence-corrected chi connectivity index (χ4v) is 2.66. The van der Waals surface area contributed by atoms with E-state index in [0.29, 0.717) is 0 Å². The van der Waals surface area contributed by atoms with Gasteiger partial charge in [0.25, 0.3) is 0 Å². The number of hydrogen-bond acceptors (Lipinski definition) is 2. The van der Waals surface area contributed by atoms with Gasteiger partial charge in [0.2, 0.25) is 5.91 Å². The second-order valence-electron chi connectivity index (χ2n) is 5.62. The maximum Gasteiger partial charge on any atom is 0.248 e. The number of aryl methyl sites for hydroxylation is 2. The first-order valence-corrected chi connectivity index (χ1v) is 7.53. The first-order chi connectivity index (χ1) is 11.1. The Bertz CT molecular complexity index is 872. The lowest BCUT2D eigenvalue weighted by atomic mass is 10.1. The molecule has 0 aliphatic carbocycles. The molecule has 0 bridgehead atoms. The molecule has 0 radical (unpaired) electrons. The molecule has 0 unspecified atom stereocenters. The van der Waals surface area contributed by atoms with Crippen LogP contribution in [-0.4, -0.2) is 10.9 Å². The molecule has 1 amide bonds. The Morgan fingerprint density at radius 2 is 1.78 bits per heavy atom. The second kappa shape index (κ2) is 6.44. The van der Waals surface area contributed by atoms with Crippen molar-refractivity contribution in [3.63, 3.8) is 0 Å². The molecule has 1 N–H and O–H groups in total. The van der Waals surface area contributed by atoms with E-state index in [1.807, 2.05) is 56.3 Å². The van der Waals surface area contributed by atoms with E-state index in [9.17, 15) is 4.79 Å². The van der Waals surface area contributed by atoms with Crippen molar-refractivity contribution in [1.82, 2.24) is 4.98 Å². The summed E-state index contributed by atoms with van der Waals surface area (Å²) in [5.41, 5.74) is 4.89. The number of rotatable bonds is 3. The van der Waals surface area contributed by atoms with Crippen LogP contribution in [0.15, 0.2) is 60.8 Å². The third kappa shape index (κ3) is 3.64. The van der Waals surface area contributed by atoms with Crippen molar-refractivity contribution in [2.75, 3.05) is 5.32 Å². The minimum absolute atomic E-state index is 0.150. The zero-order chi connectivity index (χ0) is 16.2. The Hall–Kier alpha value is -2.94. The van der Waals surface area contributed by atoms with Crippen LogP contribution in [-0.2, 0) is 4.79 Å². The summed E-state index contributed by atoms with van der Waals surface area (Å²) >= 11 is 0. The van der Waals surface area contributed by atoms with Crippen LogP contribution in [0.4, 0.5) is 5.69 Å². The smallest absolute Gasteiger partial charge is 0.248 e. The number of aromatic nitrogens is 1. The molecule has 1 heterocycles. The largest absolute Gasteiger partial charge is 0.322 e. The van der Waals surface area contributed by atoms with E-state index in [-0.39, 0.29) is 5.91 Å². The van der Waals surface area contributed by atoms with E-state index < -0.39 is 0 Å². The average Bonchev–Trinajstić information content (AvgIpc) is 2.52. The molecule has 0 fully saturated rings. The number of carbonyl (C=O) groups is 1. The van der Waals surface area contributed by atoms with Crippen molar-refractivity contribution in [1.29, 1.82) is 0 Å². The number of para-hydroxylation sites is 1. The van der Waals surface area contributed by atoms with Crippen molar-refractivity contribution in [2.24, 2.45) is 0 Å². The van der Waals surface area contributed by atoms with E-state index in [4.69, 9.17) is 0 Å². The number of nitrogens with one attached hydrogen (secondary N) is 1. The number of amides is 1. The highest BCUT2D eigenvalue weighted by Crippen LogP contribution is 2.17. The minimum atomic E-state index is -0.150. The maximum absolute atomic E-state index is 12.1. The van der Waals surface area contributed by atoms with E-state index in [2.05, 4.69) is 16.4 Å². The Kier molecular flexibility index (Phi) is 4.20. The van der Waals surface area contributed by atoms with Crippen LogP contribution in [0.2, 0.25) is 0 Å². The van der Waals surface area contributed by atoms with Gasteiger partial charge in [-0.25, -0.2) is 0 Å². The van der Waals surface area contributed by atoms with Gasteiger partial charge in [-0.2, -0.15) is 0 Å². The lowest BCUT2D eigenvalue weighted by Gasteiger charge is -2.05. The van der Waals surface area contributed by atoms with Gasteiger partial charge in [0.15, 0.2) is 0 Å². The molecule has 3 heteroatoms. The highest BCUT2D eigenvalue weighted by atomic mass is 16.1. The van der Waals surface area contributed by atoms with Crippen LogP contribution >= 0.6 is 0 Å². The third-order valence-electron chi connectivity index (χ3n) is 3.57.